The lowest BCUT2D eigenvalue weighted by atomic mass is 10.0. The molecule has 0 fully saturated rings. The molecule has 0 spiro atoms. The van der Waals surface area contributed by atoms with E-state index < -0.39 is 0 Å². The molecule has 0 bridgehead atoms. The summed E-state index contributed by atoms with van der Waals surface area (Å²) in [6.07, 6.45) is 3.56. The van der Waals surface area contributed by atoms with E-state index in [1.165, 1.54) is 0 Å². The lowest BCUT2D eigenvalue weighted by molar-refractivity contribution is 0.613. The fourth-order valence-electron chi connectivity index (χ4n) is 1.81. The minimum Gasteiger partial charge on any atom is -0.305 e. The van der Waals surface area contributed by atoms with E-state index in [0.29, 0.717) is 5.02 Å². The van der Waals surface area contributed by atoms with Crippen molar-refractivity contribution in [2.45, 2.75) is 19.9 Å². The van der Waals surface area contributed by atoms with Crippen molar-refractivity contribution in [2.24, 2.45) is 0 Å². The Bertz CT molecular complexity index is 448. The largest absolute Gasteiger partial charge is 0.305 e. The number of aromatic nitrogens is 2. The number of pyridine rings is 2. The van der Waals surface area contributed by atoms with Crippen molar-refractivity contribution >= 4 is 11.6 Å². The smallest absolute Gasteiger partial charge is 0.0766 e. The van der Waals surface area contributed by atoms with E-state index in [9.17, 15) is 0 Å². The Kier molecular flexibility index (Phi) is 4.28. The number of halogens is 1. The molecule has 4 heteroatoms. The fourth-order valence-corrected chi connectivity index (χ4v) is 1.92. The van der Waals surface area contributed by atoms with Gasteiger partial charge in [0, 0.05) is 18.1 Å². The summed E-state index contributed by atoms with van der Waals surface area (Å²) in [6.45, 7) is 4.92. The summed E-state index contributed by atoms with van der Waals surface area (Å²) in [5, 5.41) is 4.06. The summed E-state index contributed by atoms with van der Waals surface area (Å²) in [7, 11) is 0. The second-order valence-corrected chi connectivity index (χ2v) is 4.56. The van der Waals surface area contributed by atoms with Gasteiger partial charge in [-0.25, -0.2) is 0 Å². The van der Waals surface area contributed by atoms with Crippen LogP contribution in [0.3, 0.4) is 0 Å². The molecule has 1 unspecified atom stereocenters. The van der Waals surface area contributed by atoms with E-state index in [2.05, 4.69) is 28.3 Å². The topological polar surface area (TPSA) is 37.8 Å². The van der Waals surface area contributed by atoms with Crippen molar-refractivity contribution in [2.75, 3.05) is 6.54 Å². The zero-order valence-electron chi connectivity index (χ0n) is 10.5. The predicted molar refractivity (Wildman–Crippen MR) is 73.7 cm³/mol. The number of hydrogen-bond donors (Lipinski definition) is 1. The van der Waals surface area contributed by atoms with Crippen LogP contribution < -0.4 is 5.32 Å². The Morgan fingerprint density at radius 2 is 2.00 bits per heavy atom. The van der Waals surface area contributed by atoms with E-state index in [1.807, 2.05) is 31.3 Å². The van der Waals surface area contributed by atoms with E-state index in [4.69, 9.17) is 11.6 Å². The average Bonchev–Trinajstić information content (AvgIpc) is 2.39. The number of nitrogens with one attached hydrogen (secondary N) is 1. The van der Waals surface area contributed by atoms with Crippen molar-refractivity contribution in [1.82, 2.24) is 15.3 Å². The quantitative estimate of drug-likeness (QED) is 0.919. The summed E-state index contributed by atoms with van der Waals surface area (Å²) in [5.74, 6) is 0. The van der Waals surface area contributed by atoms with Gasteiger partial charge in [-0.2, -0.15) is 0 Å². The standard InChI is InChI=1S/C14H16ClN3/c1-3-16-14(11-5-4-10(2)17-8-11)13-7-6-12(15)9-18-13/h4-9,14,16H,3H2,1-2H3. The van der Waals surface area contributed by atoms with Gasteiger partial charge < -0.3 is 5.32 Å². The third-order valence-electron chi connectivity index (χ3n) is 2.72. The normalized spacial score (nSPS) is 12.4. The van der Waals surface area contributed by atoms with Crippen molar-refractivity contribution in [1.29, 1.82) is 0 Å². The summed E-state index contributed by atoms with van der Waals surface area (Å²) in [6, 6.07) is 7.94. The van der Waals surface area contributed by atoms with Crippen LogP contribution in [0, 0.1) is 6.92 Å². The molecule has 1 atom stereocenters. The zero-order chi connectivity index (χ0) is 13.0. The summed E-state index contributed by atoms with van der Waals surface area (Å²) in [5.41, 5.74) is 3.07. The highest BCUT2D eigenvalue weighted by Crippen LogP contribution is 2.20. The van der Waals surface area contributed by atoms with Crippen LogP contribution in [0.15, 0.2) is 36.7 Å². The molecular formula is C14H16ClN3. The molecule has 0 aliphatic heterocycles. The minimum atomic E-state index is 0.0559. The van der Waals surface area contributed by atoms with E-state index in [0.717, 1.165) is 23.5 Å². The first-order valence-electron chi connectivity index (χ1n) is 5.98. The summed E-state index contributed by atoms with van der Waals surface area (Å²) >= 11 is 5.86. The van der Waals surface area contributed by atoms with Gasteiger partial charge in [0.15, 0.2) is 0 Å². The SMILES string of the molecule is CCNC(c1ccc(C)nc1)c1ccc(Cl)cn1. The first kappa shape index (κ1) is 13.0. The van der Waals surface area contributed by atoms with Crippen molar-refractivity contribution in [3.05, 3.63) is 58.6 Å². The van der Waals surface area contributed by atoms with Gasteiger partial charge in [0.05, 0.1) is 16.8 Å². The summed E-state index contributed by atoms with van der Waals surface area (Å²) in [4.78, 5) is 8.71. The molecule has 2 heterocycles. The van der Waals surface area contributed by atoms with Crippen LogP contribution in [0.25, 0.3) is 0 Å². The van der Waals surface area contributed by atoms with Crippen LogP contribution in [0.2, 0.25) is 5.02 Å². The highest BCUT2D eigenvalue weighted by Gasteiger charge is 2.14. The van der Waals surface area contributed by atoms with Crippen LogP contribution in [0.4, 0.5) is 0 Å². The molecule has 2 aromatic heterocycles. The molecule has 2 aromatic rings. The second-order valence-electron chi connectivity index (χ2n) is 4.12. The van der Waals surface area contributed by atoms with Gasteiger partial charge >= 0.3 is 0 Å². The molecule has 1 N–H and O–H groups in total. The molecule has 2 rings (SSSR count). The van der Waals surface area contributed by atoms with Gasteiger partial charge in [0.25, 0.3) is 0 Å². The maximum absolute atomic E-state index is 5.86. The number of rotatable bonds is 4. The average molecular weight is 262 g/mol. The molecule has 0 saturated heterocycles. The molecule has 0 radical (unpaired) electrons. The van der Waals surface area contributed by atoms with Gasteiger partial charge in [-0.05, 0) is 37.2 Å². The lowest BCUT2D eigenvalue weighted by Crippen LogP contribution is -2.23. The van der Waals surface area contributed by atoms with Crippen molar-refractivity contribution < 1.29 is 0 Å². The van der Waals surface area contributed by atoms with Crippen molar-refractivity contribution in [3.8, 4) is 0 Å². The molecule has 94 valence electrons. The maximum atomic E-state index is 5.86. The van der Waals surface area contributed by atoms with Crippen LogP contribution in [-0.2, 0) is 0 Å². The predicted octanol–water partition coefficient (Wildman–Crippen LogP) is 3.14. The molecule has 0 aromatic carbocycles. The third kappa shape index (κ3) is 3.06. The molecular weight excluding hydrogens is 246 g/mol. The van der Waals surface area contributed by atoms with Crippen molar-refractivity contribution in [3.63, 3.8) is 0 Å². The molecule has 0 aliphatic rings. The van der Waals surface area contributed by atoms with Gasteiger partial charge in [-0.1, -0.05) is 24.6 Å². The Hall–Kier alpha value is -1.45. The number of nitrogens with zero attached hydrogens (tertiary/aromatic N) is 2. The molecule has 0 amide bonds. The Labute approximate surface area is 112 Å². The van der Waals surface area contributed by atoms with E-state index in [-0.39, 0.29) is 6.04 Å². The van der Waals surface area contributed by atoms with Crippen LogP contribution in [0.1, 0.15) is 29.9 Å². The molecule has 0 aliphatic carbocycles. The Balaban J connectivity index is 2.33. The second kappa shape index (κ2) is 5.94. The monoisotopic (exact) mass is 261 g/mol. The van der Waals surface area contributed by atoms with E-state index >= 15 is 0 Å². The zero-order valence-corrected chi connectivity index (χ0v) is 11.3. The Morgan fingerprint density at radius 3 is 2.56 bits per heavy atom. The van der Waals surface area contributed by atoms with Crippen LogP contribution in [-0.4, -0.2) is 16.5 Å². The van der Waals surface area contributed by atoms with Crippen LogP contribution >= 0.6 is 11.6 Å². The van der Waals surface area contributed by atoms with Gasteiger partial charge in [0.2, 0.25) is 0 Å². The molecule has 18 heavy (non-hydrogen) atoms. The van der Waals surface area contributed by atoms with Crippen LogP contribution in [0.5, 0.6) is 0 Å². The highest BCUT2D eigenvalue weighted by atomic mass is 35.5. The maximum Gasteiger partial charge on any atom is 0.0766 e. The van der Waals surface area contributed by atoms with Gasteiger partial charge in [-0.15, -0.1) is 0 Å². The first-order valence-corrected chi connectivity index (χ1v) is 6.36. The third-order valence-corrected chi connectivity index (χ3v) is 2.95. The molecule has 0 saturated carbocycles. The highest BCUT2D eigenvalue weighted by molar-refractivity contribution is 6.30. The Morgan fingerprint density at radius 1 is 1.17 bits per heavy atom. The number of hydrogen-bond acceptors (Lipinski definition) is 3. The van der Waals surface area contributed by atoms with E-state index in [1.54, 1.807) is 6.20 Å². The lowest BCUT2D eigenvalue weighted by Gasteiger charge is -2.17. The van der Waals surface area contributed by atoms with Gasteiger partial charge in [0.1, 0.15) is 0 Å². The van der Waals surface area contributed by atoms with Gasteiger partial charge in [-0.3, -0.25) is 9.97 Å². The fraction of sp³-hybridized carbons (Fsp3) is 0.286. The molecule has 3 nitrogen and oxygen atoms in total. The minimum absolute atomic E-state index is 0.0559. The first-order chi connectivity index (χ1) is 8.70. The summed E-state index contributed by atoms with van der Waals surface area (Å²) < 4.78 is 0. The number of aryl methyl sites for hydroxylation is 1.